The van der Waals surface area contributed by atoms with Gasteiger partial charge in [0.05, 0.1) is 18.2 Å². The molecule has 0 saturated heterocycles. The number of halogens is 1. The monoisotopic (exact) mass is 496 g/mol. The van der Waals surface area contributed by atoms with E-state index in [4.69, 9.17) is 0 Å². The van der Waals surface area contributed by atoms with Crippen LogP contribution in [-0.2, 0) is 34.5 Å². The average Bonchev–Trinajstić information content (AvgIpc) is 2.78. The number of rotatable bonds is 8. The Morgan fingerprint density at radius 3 is 2.50 bits per heavy atom. The van der Waals surface area contributed by atoms with Crippen LogP contribution in [0.5, 0.6) is 5.75 Å². The summed E-state index contributed by atoms with van der Waals surface area (Å²) in [6.07, 6.45) is -0.349. The molecule has 0 aliphatic carbocycles. The zero-order chi connectivity index (χ0) is 25.2. The molecule has 13 heteroatoms. The van der Waals surface area contributed by atoms with E-state index in [-0.39, 0.29) is 43.4 Å². The highest BCUT2D eigenvalue weighted by Gasteiger charge is 2.33. The van der Waals surface area contributed by atoms with Crippen molar-refractivity contribution in [3.8, 4) is 5.75 Å². The van der Waals surface area contributed by atoms with Crippen molar-refractivity contribution >= 4 is 16.1 Å². The van der Waals surface area contributed by atoms with Crippen molar-refractivity contribution in [1.29, 1.82) is 0 Å². The van der Waals surface area contributed by atoms with Crippen molar-refractivity contribution < 1.29 is 22.7 Å². The van der Waals surface area contributed by atoms with Crippen molar-refractivity contribution in [3.63, 3.8) is 0 Å². The lowest BCUT2D eigenvalue weighted by molar-refractivity contribution is -0.120. The van der Waals surface area contributed by atoms with Gasteiger partial charge in [-0.05, 0) is 24.7 Å². The summed E-state index contributed by atoms with van der Waals surface area (Å²) in [7, 11) is 2.38. The molecule has 34 heavy (non-hydrogen) atoms. The molecular weight excluding hydrogens is 467 g/mol. The van der Waals surface area contributed by atoms with Gasteiger partial charge in [-0.2, -0.15) is 17.0 Å². The van der Waals surface area contributed by atoms with Gasteiger partial charge in [-0.15, -0.1) is 0 Å². The second-order valence-corrected chi connectivity index (χ2v) is 10.6. The Balaban J connectivity index is 1.84. The minimum absolute atomic E-state index is 0.0183. The summed E-state index contributed by atoms with van der Waals surface area (Å²) in [6.45, 7) is 0.877. The van der Waals surface area contributed by atoms with Crippen LogP contribution in [0.3, 0.4) is 0 Å². The lowest BCUT2D eigenvalue weighted by Gasteiger charge is -2.36. The summed E-state index contributed by atoms with van der Waals surface area (Å²) in [5.41, 5.74) is -0.0851. The second kappa shape index (κ2) is 10.2. The summed E-state index contributed by atoms with van der Waals surface area (Å²) < 4.78 is 41.6. The number of fused-ring (bicyclic) bond motifs is 1. The van der Waals surface area contributed by atoms with Crippen LogP contribution in [0.2, 0.25) is 0 Å². The minimum atomic E-state index is -3.70. The van der Waals surface area contributed by atoms with Crippen molar-refractivity contribution in [2.45, 2.75) is 25.6 Å². The molecule has 3 rings (SSSR count). The van der Waals surface area contributed by atoms with Gasteiger partial charge in [0.1, 0.15) is 11.6 Å². The molecule has 0 saturated carbocycles. The molecule has 0 bridgehead atoms. The van der Waals surface area contributed by atoms with E-state index in [1.165, 1.54) is 50.0 Å². The largest absolute Gasteiger partial charge is 0.502 e. The molecule has 0 fully saturated rings. The van der Waals surface area contributed by atoms with Gasteiger partial charge in [0.25, 0.3) is 15.8 Å². The summed E-state index contributed by atoms with van der Waals surface area (Å²) in [5, 5.41) is 13.1. The fourth-order valence-corrected chi connectivity index (χ4v) is 4.55. The predicted molar refractivity (Wildman–Crippen MR) is 123 cm³/mol. The number of nitrogens with zero attached hydrogens (tertiary/aromatic N) is 5. The maximum Gasteiger partial charge on any atom is 0.296 e. The molecule has 2 aromatic rings. The number of nitrogens with one attached hydrogen (secondary N) is 1. The van der Waals surface area contributed by atoms with Gasteiger partial charge < -0.3 is 10.4 Å². The second-order valence-electron chi connectivity index (χ2n) is 8.37. The average molecular weight is 497 g/mol. The van der Waals surface area contributed by atoms with Crippen LogP contribution in [0, 0.1) is 5.82 Å². The van der Waals surface area contributed by atoms with Gasteiger partial charge in [-0.1, -0.05) is 12.1 Å². The Morgan fingerprint density at radius 1 is 1.24 bits per heavy atom. The van der Waals surface area contributed by atoms with Gasteiger partial charge >= 0.3 is 0 Å². The molecule has 0 radical (unpaired) electrons. The van der Waals surface area contributed by atoms with E-state index in [1.807, 2.05) is 4.90 Å². The number of carbonyl (C=O) groups is 1. The van der Waals surface area contributed by atoms with E-state index >= 15 is 0 Å². The normalized spacial score (nSPS) is 16.6. The van der Waals surface area contributed by atoms with Crippen LogP contribution < -0.4 is 10.9 Å². The predicted octanol–water partition coefficient (Wildman–Crippen LogP) is -0.328. The first-order chi connectivity index (χ1) is 15.9. The molecular formula is C21H29FN6O5S. The van der Waals surface area contributed by atoms with Gasteiger partial charge in [0.15, 0.2) is 0 Å². The molecule has 1 unspecified atom stereocenters. The van der Waals surface area contributed by atoms with Crippen LogP contribution in [0.25, 0.3) is 0 Å². The fourth-order valence-electron chi connectivity index (χ4n) is 3.67. The number of carbonyl (C=O) groups excluding carboxylic acids is 1. The highest BCUT2D eigenvalue weighted by Crippen LogP contribution is 2.25. The van der Waals surface area contributed by atoms with Gasteiger partial charge in [-0.25, -0.2) is 9.37 Å². The van der Waals surface area contributed by atoms with Crippen LogP contribution in [0.4, 0.5) is 4.39 Å². The van der Waals surface area contributed by atoms with E-state index in [0.29, 0.717) is 12.1 Å². The van der Waals surface area contributed by atoms with Crippen LogP contribution in [0.1, 0.15) is 23.1 Å². The number of aromatic hydroxyl groups is 1. The summed E-state index contributed by atoms with van der Waals surface area (Å²) in [6, 6.07) is 5.07. The van der Waals surface area contributed by atoms with E-state index in [2.05, 4.69) is 10.3 Å². The summed E-state index contributed by atoms with van der Waals surface area (Å²) in [4.78, 5) is 31.6. The van der Waals surface area contributed by atoms with E-state index < -0.39 is 33.5 Å². The number of aromatic nitrogens is 2. The molecule has 1 aromatic carbocycles. The van der Waals surface area contributed by atoms with Gasteiger partial charge in [-0.3, -0.25) is 19.1 Å². The van der Waals surface area contributed by atoms with Crippen molar-refractivity contribution in [2.75, 3.05) is 41.3 Å². The van der Waals surface area contributed by atoms with Crippen molar-refractivity contribution in [1.82, 2.24) is 28.4 Å². The number of hydrogen-bond acceptors (Lipinski definition) is 7. The zero-order valence-electron chi connectivity index (χ0n) is 19.5. The summed E-state index contributed by atoms with van der Waals surface area (Å²) in [5.74, 6) is -1.20. The molecule has 186 valence electrons. The third-order valence-electron chi connectivity index (χ3n) is 5.77. The molecule has 2 N–H and O–H groups in total. The molecule has 1 aliphatic heterocycles. The van der Waals surface area contributed by atoms with Crippen LogP contribution >= 0.6 is 0 Å². The number of likely N-dealkylation sites (N-methyl/N-ethyl adjacent to an activating group) is 2. The first kappa shape index (κ1) is 25.7. The Labute approximate surface area is 197 Å². The zero-order valence-corrected chi connectivity index (χ0v) is 20.3. The topological polar surface area (TPSA) is 128 Å². The molecule has 0 spiro atoms. The molecule has 2 heterocycles. The maximum atomic E-state index is 13.0. The number of amides is 1. The smallest absolute Gasteiger partial charge is 0.296 e. The van der Waals surface area contributed by atoms with Crippen molar-refractivity contribution in [2.24, 2.45) is 0 Å². The Bertz CT molecular complexity index is 1220. The fraction of sp³-hybridized carbons (Fsp3) is 0.476. The van der Waals surface area contributed by atoms with Crippen LogP contribution in [-0.4, -0.2) is 83.8 Å². The Hall–Kier alpha value is -2.87. The standard InChI is InChI=1S/C21H29FN6O5S/c1-25(2)34(32,33)27(4)13-17-20-24-16(19(30)21(31)28(20)10-9-26(17)3)11-18(29)23-12-14-5-7-15(22)8-6-14/h5-8,17,30H,9-13H2,1-4H3,(H,23,29). The highest BCUT2D eigenvalue weighted by molar-refractivity contribution is 7.86. The number of benzene rings is 1. The SMILES string of the molecule is CN1CCn2c(nc(CC(=O)NCc3ccc(F)cc3)c(O)c2=O)C1CN(C)S(=O)(=O)N(C)C. The maximum absolute atomic E-state index is 13.0. The lowest BCUT2D eigenvalue weighted by atomic mass is 10.1. The van der Waals surface area contributed by atoms with Gasteiger partial charge in [0, 0.05) is 47.3 Å². The highest BCUT2D eigenvalue weighted by atomic mass is 32.2. The van der Waals surface area contributed by atoms with E-state index in [9.17, 15) is 27.5 Å². The molecule has 1 atom stereocenters. The van der Waals surface area contributed by atoms with Gasteiger partial charge in [0.2, 0.25) is 11.7 Å². The Morgan fingerprint density at radius 2 is 1.88 bits per heavy atom. The first-order valence-electron chi connectivity index (χ1n) is 10.6. The minimum Gasteiger partial charge on any atom is -0.502 e. The van der Waals surface area contributed by atoms with E-state index in [0.717, 1.165) is 8.61 Å². The molecule has 11 nitrogen and oxygen atoms in total. The molecule has 1 aliphatic rings. The molecule has 1 amide bonds. The third kappa shape index (κ3) is 5.43. The third-order valence-corrected chi connectivity index (χ3v) is 7.63. The Kier molecular flexibility index (Phi) is 7.70. The summed E-state index contributed by atoms with van der Waals surface area (Å²) >= 11 is 0. The number of hydrogen-bond donors (Lipinski definition) is 2. The van der Waals surface area contributed by atoms with Crippen LogP contribution in [0.15, 0.2) is 29.1 Å². The first-order valence-corrected chi connectivity index (χ1v) is 12.0. The van der Waals surface area contributed by atoms with E-state index in [1.54, 1.807) is 7.05 Å². The van der Waals surface area contributed by atoms with Crippen molar-refractivity contribution in [3.05, 3.63) is 57.5 Å². The lowest BCUT2D eigenvalue weighted by Crippen LogP contribution is -2.48. The molecule has 1 aromatic heterocycles. The quantitative estimate of drug-likeness (QED) is 0.512.